The molecule has 0 spiro atoms. The second kappa shape index (κ2) is 4.27. The molecule has 18 heavy (non-hydrogen) atoms. The van der Waals surface area contributed by atoms with Crippen molar-refractivity contribution in [1.82, 2.24) is 9.97 Å². The molecule has 3 aromatic rings. The van der Waals surface area contributed by atoms with E-state index in [1.54, 1.807) is 36.7 Å². The number of halogens is 1. The van der Waals surface area contributed by atoms with E-state index in [-0.39, 0.29) is 5.78 Å². The van der Waals surface area contributed by atoms with Gasteiger partial charge in [0.15, 0.2) is 0 Å². The fourth-order valence-electron chi connectivity index (χ4n) is 1.85. The molecule has 0 amide bonds. The van der Waals surface area contributed by atoms with Crippen LogP contribution in [0.5, 0.6) is 0 Å². The van der Waals surface area contributed by atoms with Crippen molar-refractivity contribution in [2.24, 2.45) is 0 Å². The first-order chi connectivity index (χ1) is 8.74. The molecule has 0 aliphatic carbocycles. The summed E-state index contributed by atoms with van der Waals surface area (Å²) in [5.74, 6) is -0.0529. The van der Waals surface area contributed by atoms with Crippen molar-refractivity contribution >= 4 is 28.3 Å². The lowest BCUT2D eigenvalue weighted by atomic mass is 10.1. The molecule has 0 unspecified atom stereocenters. The molecule has 2 aromatic heterocycles. The van der Waals surface area contributed by atoms with Crippen molar-refractivity contribution in [2.75, 3.05) is 0 Å². The maximum absolute atomic E-state index is 12.2. The zero-order chi connectivity index (χ0) is 12.5. The van der Waals surface area contributed by atoms with E-state index in [1.807, 2.05) is 12.1 Å². The van der Waals surface area contributed by atoms with Crippen molar-refractivity contribution in [1.29, 1.82) is 0 Å². The predicted molar refractivity (Wildman–Crippen MR) is 71.0 cm³/mol. The number of aromatic amines is 1. The highest BCUT2D eigenvalue weighted by atomic mass is 35.5. The molecule has 3 rings (SSSR count). The second-order valence-electron chi connectivity index (χ2n) is 3.98. The number of hydrogen-bond acceptors (Lipinski definition) is 2. The molecule has 3 nitrogen and oxygen atoms in total. The predicted octanol–water partition coefficient (Wildman–Crippen LogP) is 3.45. The molecule has 2 heterocycles. The average molecular weight is 257 g/mol. The Kier molecular flexibility index (Phi) is 2.61. The van der Waals surface area contributed by atoms with Crippen molar-refractivity contribution in [3.05, 3.63) is 65.1 Å². The van der Waals surface area contributed by atoms with Crippen LogP contribution in [0.1, 0.15) is 16.1 Å². The molecule has 0 radical (unpaired) electrons. The molecule has 0 fully saturated rings. The van der Waals surface area contributed by atoms with Gasteiger partial charge in [-0.1, -0.05) is 11.6 Å². The van der Waals surface area contributed by atoms with E-state index in [2.05, 4.69) is 9.97 Å². The molecule has 0 atom stereocenters. The lowest BCUT2D eigenvalue weighted by molar-refractivity contribution is 0.103. The largest absolute Gasteiger partial charge is 0.351 e. The van der Waals surface area contributed by atoms with Crippen LogP contribution in [0.2, 0.25) is 5.02 Å². The number of carbonyl (C=O) groups is 1. The standard InChI is InChI=1S/C14H9ClN2O/c15-11-3-1-9(2-4-11)14(18)12-7-10-5-6-16-8-13(10)17-12/h1-8,17H. The first kappa shape index (κ1) is 11.0. The van der Waals surface area contributed by atoms with Gasteiger partial charge in [-0.05, 0) is 36.4 Å². The monoisotopic (exact) mass is 256 g/mol. The average Bonchev–Trinajstić information content (AvgIpc) is 2.82. The summed E-state index contributed by atoms with van der Waals surface area (Å²) in [6.07, 6.45) is 3.40. The number of benzene rings is 1. The van der Waals surface area contributed by atoms with Gasteiger partial charge in [0.1, 0.15) is 0 Å². The SMILES string of the molecule is O=C(c1ccc(Cl)cc1)c1cc2ccncc2[nH]1. The van der Waals surface area contributed by atoms with E-state index < -0.39 is 0 Å². The van der Waals surface area contributed by atoms with Gasteiger partial charge < -0.3 is 4.98 Å². The second-order valence-corrected chi connectivity index (χ2v) is 4.42. The Bertz CT molecular complexity index is 683. The van der Waals surface area contributed by atoms with Gasteiger partial charge in [0.05, 0.1) is 17.4 Å². The molecule has 4 heteroatoms. The topological polar surface area (TPSA) is 45.8 Å². The minimum atomic E-state index is -0.0529. The van der Waals surface area contributed by atoms with Gasteiger partial charge in [0.25, 0.3) is 0 Å². The fraction of sp³-hybridized carbons (Fsp3) is 0. The highest BCUT2D eigenvalue weighted by Gasteiger charge is 2.11. The summed E-state index contributed by atoms with van der Waals surface area (Å²) >= 11 is 5.80. The normalized spacial score (nSPS) is 10.7. The number of H-pyrrole nitrogens is 1. The molecule has 0 aliphatic rings. The fourth-order valence-corrected chi connectivity index (χ4v) is 1.98. The molecular formula is C14H9ClN2O. The molecule has 1 N–H and O–H groups in total. The van der Waals surface area contributed by atoms with E-state index in [0.29, 0.717) is 16.3 Å². The minimum absolute atomic E-state index is 0.0529. The summed E-state index contributed by atoms with van der Waals surface area (Å²) in [5.41, 5.74) is 2.02. The number of rotatable bonds is 2. The van der Waals surface area contributed by atoms with E-state index in [1.165, 1.54) is 0 Å². The van der Waals surface area contributed by atoms with Crippen molar-refractivity contribution in [2.45, 2.75) is 0 Å². The maximum atomic E-state index is 12.2. The number of pyridine rings is 1. The third-order valence-corrected chi connectivity index (χ3v) is 3.03. The summed E-state index contributed by atoms with van der Waals surface area (Å²) in [6.45, 7) is 0. The van der Waals surface area contributed by atoms with Crippen LogP contribution in [0.25, 0.3) is 10.9 Å². The number of ketones is 1. The van der Waals surface area contributed by atoms with E-state index >= 15 is 0 Å². The quantitative estimate of drug-likeness (QED) is 0.714. The molecular weight excluding hydrogens is 248 g/mol. The van der Waals surface area contributed by atoms with Crippen molar-refractivity contribution in [3.63, 3.8) is 0 Å². The van der Waals surface area contributed by atoms with Crippen LogP contribution < -0.4 is 0 Å². The van der Waals surface area contributed by atoms with Crippen LogP contribution >= 0.6 is 11.6 Å². The Balaban J connectivity index is 2.03. The first-order valence-electron chi connectivity index (χ1n) is 5.47. The van der Waals surface area contributed by atoms with Gasteiger partial charge in [-0.25, -0.2) is 0 Å². The third-order valence-electron chi connectivity index (χ3n) is 2.78. The zero-order valence-electron chi connectivity index (χ0n) is 9.35. The smallest absolute Gasteiger partial charge is 0.209 e. The third kappa shape index (κ3) is 1.89. The van der Waals surface area contributed by atoms with Gasteiger partial charge >= 0.3 is 0 Å². The van der Waals surface area contributed by atoms with E-state index in [0.717, 1.165) is 10.9 Å². The van der Waals surface area contributed by atoms with Gasteiger partial charge in [-0.15, -0.1) is 0 Å². The Labute approximate surface area is 108 Å². The highest BCUT2D eigenvalue weighted by Crippen LogP contribution is 2.17. The van der Waals surface area contributed by atoms with Crippen LogP contribution in [0, 0.1) is 0 Å². The Morgan fingerprint density at radius 1 is 1.17 bits per heavy atom. The highest BCUT2D eigenvalue weighted by molar-refractivity contribution is 6.30. The van der Waals surface area contributed by atoms with Crippen LogP contribution in [-0.4, -0.2) is 15.8 Å². The van der Waals surface area contributed by atoms with Crippen LogP contribution in [0.15, 0.2) is 48.8 Å². The minimum Gasteiger partial charge on any atom is -0.351 e. The van der Waals surface area contributed by atoms with Gasteiger partial charge in [0, 0.05) is 22.2 Å². The van der Waals surface area contributed by atoms with Gasteiger partial charge in [-0.3, -0.25) is 9.78 Å². The summed E-state index contributed by atoms with van der Waals surface area (Å²) in [4.78, 5) is 19.3. The zero-order valence-corrected chi connectivity index (χ0v) is 10.1. The van der Waals surface area contributed by atoms with Gasteiger partial charge in [-0.2, -0.15) is 0 Å². The number of aromatic nitrogens is 2. The van der Waals surface area contributed by atoms with E-state index in [9.17, 15) is 4.79 Å². The number of fused-ring (bicyclic) bond motifs is 1. The number of nitrogens with zero attached hydrogens (tertiary/aromatic N) is 1. The van der Waals surface area contributed by atoms with Crippen molar-refractivity contribution in [3.8, 4) is 0 Å². The molecule has 0 saturated carbocycles. The van der Waals surface area contributed by atoms with Crippen molar-refractivity contribution < 1.29 is 4.79 Å². The molecule has 0 saturated heterocycles. The summed E-state index contributed by atoms with van der Waals surface area (Å²) < 4.78 is 0. The maximum Gasteiger partial charge on any atom is 0.209 e. The number of hydrogen-bond donors (Lipinski definition) is 1. The van der Waals surface area contributed by atoms with Crippen LogP contribution in [-0.2, 0) is 0 Å². The Hall–Kier alpha value is -2.13. The Morgan fingerprint density at radius 3 is 2.67 bits per heavy atom. The summed E-state index contributed by atoms with van der Waals surface area (Å²) in [5, 5.41) is 1.59. The molecule has 0 bridgehead atoms. The summed E-state index contributed by atoms with van der Waals surface area (Å²) in [7, 11) is 0. The van der Waals surface area contributed by atoms with Crippen LogP contribution in [0.4, 0.5) is 0 Å². The van der Waals surface area contributed by atoms with Gasteiger partial charge in [0.2, 0.25) is 5.78 Å². The lowest BCUT2D eigenvalue weighted by Crippen LogP contribution is -2.00. The lowest BCUT2D eigenvalue weighted by Gasteiger charge is -1.98. The first-order valence-corrected chi connectivity index (χ1v) is 5.85. The molecule has 88 valence electrons. The Morgan fingerprint density at radius 2 is 1.94 bits per heavy atom. The molecule has 0 aliphatic heterocycles. The van der Waals surface area contributed by atoms with E-state index in [4.69, 9.17) is 11.6 Å². The van der Waals surface area contributed by atoms with Crippen LogP contribution in [0.3, 0.4) is 0 Å². The number of nitrogens with one attached hydrogen (secondary N) is 1. The molecule has 1 aromatic carbocycles. The summed E-state index contributed by atoms with van der Waals surface area (Å²) in [6, 6.07) is 10.5. The number of carbonyl (C=O) groups excluding carboxylic acids is 1.